The minimum absolute atomic E-state index is 0.0106. The standard InChI is InChI=1S/C15H19N3O2S/c1-2-11-5-3-4-6-12(11)10-18-14-8-7-13(16)9-15(14)21(17,19)20/h3-9,18H,2,10,16H2,1H3,(H2,17,19,20). The van der Waals surface area contributed by atoms with Crippen molar-refractivity contribution in [1.29, 1.82) is 0 Å². The summed E-state index contributed by atoms with van der Waals surface area (Å²) in [5.41, 5.74) is 8.79. The van der Waals surface area contributed by atoms with E-state index in [-0.39, 0.29) is 4.90 Å². The third-order valence-corrected chi connectivity index (χ3v) is 4.23. The molecule has 0 saturated heterocycles. The summed E-state index contributed by atoms with van der Waals surface area (Å²) < 4.78 is 23.2. The fourth-order valence-electron chi connectivity index (χ4n) is 2.19. The topological polar surface area (TPSA) is 98.2 Å². The lowest BCUT2D eigenvalue weighted by Crippen LogP contribution is -2.15. The van der Waals surface area contributed by atoms with Crippen molar-refractivity contribution in [3.05, 3.63) is 53.6 Å². The second-order valence-electron chi connectivity index (χ2n) is 4.78. The average molecular weight is 305 g/mol. The van der Waals surface area contributed by atoms with Gasteiger partial charge in [-0.05, 0) is 35.7 Å². The molecule has 0 aliphatic heterocycles. The summed E-state index contributed by atoms with van der Waals surface area (Å²) >= 11 is 0. The zero-order valence-electron chi connectivity index (χ0n) is 11.8. The van der Waals surface area contributed by atoms with Crippen molar-refractivity contribution in [3.8, 4) is 0 Å². The van der Waals surface area contributed by atoms with E-state index in [0.29, 0.717) is 17.9 Å². The predicted molar refractivity (Wildman–Crippen MR) is 85.4 cm³/mol. The number of nitrogen functional groups attached to an aromatic ring is 1. The summed E-state index contributed by atoms with van der Waals surface area (Å²) in [6, 6.07) is 12.6. The molecule has 0 aliphatic carbocycles. The van der Waals surface area contributed by atoms with Crippen LogP contribution in [0.25, 0.3) is 0 Å². The maximum Gasteiger partial charge on any atom is 0.240 e. The highest BCUT2D eigenvalue weighted by Crippen LogP contribution is 2.24. The Bertz CT molecular complexity index is 742. The number of rotatable bonds is 5. The lowest BCUT2D eigenvalue weighted by Gasteiger charge is -2.13. The van der Waals surface area contributed by atoms with Crippen molar-refractivity contribution < 1.29 is 8.42 Å². The highest BCUT2D eigenvalue weighted by molar-refractivity contribution is 7.89. The van der Waals surface area contributed by atoms with E-state index < -0.39 is 10.0 Å². The SMILES string of the molecule is CCc1ccccc1CNc1ccc(N)cc1S(N)(=O)=O. The van der Waals surface area contributed by atoms with Gasteiger partial charge in [0.1, 0.15) is 4.90 Å². The number of aryl methyl sites for hydroxylation is 1. The van der Waals surface area contributed by atoms with Gasteiger partial charge in [-0.15, -0.1) is 0 Å². The van der Waals surface area contributed by atoms with Gasteiger partial charge in [0, 0.05) is 12.2 Å². The Labute approximate surface area is 125 Å². The molecule has 112 valence electrons. The highest BCUT2D eigenvalue weighted by atomic mass is 32.2. The van der Waals surface area contributed by atoms with Gasteiger partial charge in [0.05, 0.1) is 5.69 Å². The largest absolute Gasteiger partial charge is 0.399 e. The molecule has 0 atom stereocenters. The summed E-state index contributed by atoms with van der Waals surface area (Å²) in [6.45, 7) is 2.61. The molecule has 5 N–H and O–H groups in total. The van der Waals surface area contributed by atoms with Crippen LogP contribution in [0.3, 0.4) is 0 Å². The van der Waals surface area contributed by atoms with E-state index in [1.54, 1.807) is 12.1 Å². The molecule has 21 heavy (non-hydrogen) atoms. The molecule has 2 rings (SSSR count). The molecule has 2 aromatic rings. The summed E-state index contributed by atoms with van der Waals surface area (Å²) in [5, 5.41) is 8.35. The van der Waals surface area contributed by atoms with Crippen LogP contribution in [0.15, 0.2) is 47.4 Å². The quantitative estimate of drug-likeness (QED) is 0.737. The first-order chi connectivity index (χ1) is 9.91. The van der Waals surface area contributed by atoms with Gasteiger partial charge in [0.15, 0.2) is 0 Å². The fraction of sp³-hybridized carbons (Fsp3) is 0.200. The van der Waals surface area contributed by atoms with E-state index in [4.69, 9.17) is 10.9 Å². The van der Waals surface area contributed by atoms with Crippen molar-refractivity contribution in [1.82, 2.24) is 0 Å². The van der Waals surface area contributed by atoms with Crippen LogP contribution in [-0.2, 0) is 23.0 Å². The third kappa shape index (κ3) is 3.74. The first kappa shape index (κ1) is 15.3. The fourth-order valence-corrected chi connectivity index (χ4v) is 2.93. The predicted octanol–water partition coefficient (Wildman–Crippen LogP) is 2.09. The van der Waals surface area contributed by atoms with Crippen molar-refractivity contribution in [2.45, 2.75) is 24.8 Å². The van der Waals surface area contributed by atoms with Gasteiger partial charge < -0.3 is 11.1 Å². The smallest absolute Gasteiger partial charge is 0.240 e. The van der Waals surface area contributed by atoms with Gasteiger partial charge in [-0.3, -0.25) is 0 Å². The van der Waals surface area contributed by atoms with Crippen molar-refractivity contribution in [2.24, 2.45) is 5.14 Å². The van der Waals surface area contributed by atoms with Gasteiger partial charge in [-0.1, -0.05) is 31.2 Å². The molecular formula is C15H19N3O2S. The van der Waals surface area contributed by atoms with Gasteiger partial charge in [-0.2, -0.15) is 0 Å². The van der Waals surface area contributed by atoms with Crippen LogP contribution < -0.4 is 16.2 Å². The number of sulfonamides is 1. The molecule has 0 bridgehead atoms. The van der Waals surface area contributed by atoms with Crippen LogP contribution in [0, 0.1) is 0 Å². The molecule has 0 aliphatic rings. The molecule has 0 heterocycles. The Hall–Kier alpha value is -2.05. The maximum atomic E-state index is 11.6. The van der Waals surface area contributed by atoms with Crippen LogP contribution in [0.1, 0.15) is 18.1 Å². The second-order valence-corrected chi connectivity index (χ2v) is 6.31. The molecule has 0 amide bonds. The molecule has 0 saturated carbocycles. The Morgan fingerprint density at radius 1 is 1.10 bits per heavy atom. The van der Waals surface area contributed by atoms with E-state index in [0.717, 1.165) is 12.0 Å². The van der Waals surface area contributed by atoms with Gasteiger partial charge in [0.25, 0.3) is 0 Å². The zero-order chi connectivity index (χ0) is 15.5. The van der Waals surface area contributed by atoms with Gasteiger partial charge >= 0.3 is 0 Å². The van der Waals surface area contributed by atoms with E-state index in [1.807, 2.05) is 18.2 Å². The first-order valence-electron chi connectivity index (χ1n) is 6.64. The Morgan fingerprint density at radius 3 is 2.38 bits per heavy atom. The molecular weight excluding hydrogens is 286 g/mol. The first-order valence-corrected chi connectivity index (χ1v) is 8.19. The van der Waals surface area contributed by atoms with Crippen molar-refractivity contribution >= 4 is 21.4 Å². The van der Waals surface area contributed by atoms with Crippen LogP contribution in [0.5, 0.6) is 0 Å². The van der Waals surface area contributed by atoms with Crippen molar-refractivity contribution in [3.63, 3.8) is 0 Å². The summed E-state index contributed by atoms with van der Waals surface area (Å²) in [4.78, 5) is 0.0106. The molecule has 6 heteroatoms. The lowest BCUT2D eigenvalue weighted by molar-refractivity contribution is 0.598. The normalized spacial score (nSPS) is 11.3. The molecule has 0 spiro atoms. The van der Waals surface area contributed by atoms with Crippen molar-refractivity contribution in [2.75, 3.05) is 11.1 Å². The van der Waals surface area contributed by atoms with E-state index in [2.05, 4.69) is 18.3 Å². The van der Waals surface area contributed by atoms with Gasteiger partial charge in [-0.25, -0.2) is 13.6 Å². The molecule has 2 aromatic carbocycles. The van der Waals surface area contributed by atoms with Crippen LogP contribution in [-0.4, -0.2) is 8.42 Å². The Balaban J connectivity index is 2.29. The lowest BCUT2D eigenvalue weighted by atomic mass is 10.1. The van der Waals surface area contributed by atoms with E-state index >= 15 is 0 Å². The summed E-state index contributed by atoms with van der Waals surface area (Å²) in [5.74, 6) is 0. The minimum Gasteiger partial charge on any atom is -0.399 e. The maximum absolute atomic E-state index is 11.6. The molecule has 0 radical (unpaired) electrons. The third-order valence-electron chi connectivity index (χ3n) is 3.28. The van der Waals surface area contributed by atoms with Crippen LogP contribution in [0.4, 0.5) is 11.4 Å². The Kier molecular flexibility index (Phi) is 4.50. The number of hydrogen-bond donors (Lipinski definition) is 3. The number of nitrogens with one attached hydrogen (secondary N) is 1. The highest BCUT2D eigenvalue weighted by Gasteiger charge is 2.14. The van der Waals surface area contributed by atoms with Crippen LogP contribution in [0.2, 0.25) is 0 Å². The number of hydrogen-bond acceptors (Lipinski definition) is 4. The van der Waals surface area contributed by atoms with E-state index in [9.17, 15) is 8.42 Å². The van der Waals surface area contributed by atoms with Gasteiger partial charge in [0.2, 0.25) is 10.0 Å². The number of nitrogens with two attached hydrogens (primary N) is 2. The summed E-state index contributed by atoms with van der Waals surface area (Å²) in [6.07, 6.45) is 0.918. The number of primary sulfonamides is 1. The number of anilines is 2. The molecule has 0 fully saturated rings. The minimum atomic E-state index is -3.82. The molecule has 5 nitrogen and oxygen atoms in total. The van der Waals surface area contributed by atoms with Crippen LogP contribution >= 0.6 is 0 Å². The molecule has 0 unspecified atom stereocenters. The Morgan fingerprint density at radius 2 is 1.76 bits per heavy atom. The average Bonchev–Trinajstić information content (AvgIpc) is 2.45. The summed E-state index contributed by atoms with van der Waals surface area (Å²) in [7, 11) is -3.82. The van der Waals surface area contributed by atoms with E-state index in [1.165, 1.54) is 11.6 Å². The second kappa shape index (κ2) is 6.15. The number of benzene rings is 2. The zero-order valence-corrected chi connectivity index (χ0v) is 12.7. The monoisotopic (exact) mass is 305 g/mol. The molecule has 0 aromatic heterocycles.